The van der Waals surface area contributed by atoms with E-state index < -0.39 is 0 Å². The topological polar surface area (TPSA) is 61.2 Å². The van der Waals surface area contributed by atoms with E-state index in [2.05, 4.69) is 4.98 Å². The number of Topliss-reactive ketones (excluding diaryl/α,β-unsaturated/α-hetero) is 1. The molecule has 26 heavy (non-hydrogen) atoms. The fourth-order valence-corrected chi connectivity index (χ4v) is 3.09. The number of carbonyl (C=O) groups excluding carboxylic acids is 1. The lowest BCUT2D eigenvalue weighted by Gasteiger charge is -2.10. The number of halogens is 2. The van der Waals surface area contributed by atoms with E-state index in [0.717, 1.165) is 0 Å². The Morgan fingerprint density at radius 1 is 1.19 bits per heavy atom. The Labute approximate surface area is 160 Å². The molecular formula is C19H16Cl2N2O3. The van der Waals surface area contributed by atoms with E-state index in [1.54, 1.807) is 24.3 Å². The highest BCUT2D eigenvalue weighted by molar-refractivity contribution is 6.38. The first kappa shape index (κ1) is 18.4. The van der Waals surface area contributed by atoms with Crippen molar-refractivity contribution < 1.29 is 9.53 Å². The molecule has 0 saturated heterocycles. The van der Waals surface area contributed by atoms with Crippen molar-refractivity contribution >= 4 is 39.9 Å². The molecule has 3 rings (SSSR count). The molecule has 0 atom stereocenters. The molecule has 3 aromatic rings. The summed E-state index contributed by atoms with van der Waals surface area (Å²) in [6, 6.07) is 9.83. The summed E-state index contributed by atoms with van der Waals surface area (Å²) in [5.41, 5.74) is 0.477. The van der Waals surface area contributed by atoms with Crippen LogP contribution in [0, 0.1) is 0 Å². The van der Waals surface area contributed by atoms with Crippen LogP contribution < -0.4 is 10.3 Å². The summed E-state index contributed by atoms with van der Waals surface area (Å²) in [7, 11) is 0. The Bertz CT molecular complexity index is 1030. The molecule has 0 saturated carbocycles. The van der Waals surface area contributed by atoms with E-state index in [-0.39, 0.29) is 29.4 Å². The number of ether oxygens (including phenoxy) is 1. The highest BCUT2D eigenvalue weighted by atomic mass is 35.5. The van der Waals surface area contributed by atoms with Crippen LogP contribution in [0.5, 0.6) is 5.75 Å². The zero-order valence-corrected chi connectivity index (χ0v) is 15.7. The highest BCUT2D eigenvalue weighted by Crippen LogP contribution is 2.24. The van der Waals surface area contributed by atoms with E-state index in [0.29, 0.717) is 26.9 Å². The largest absolute Gasteiger partial charge is 0.491 e. The number of fused-ring (bicyclic) bond motifs is 1. The molecule has 0 amide bonds. The lowest BCUT2D eigenvalue weighted by Crippen LogP contribution is -2.24. The molecule has 0 aliphatic rings. The Balaban J connectivity index is 1.87. The molecule has 0 radical (unpaired) electrons. The van der Waals surface area contributed by atoms with Gasteiger partial charge in [0.1, 0.15) is 5.75 Å². The number of ketones is 1. The van der Waals surface area contributed by atoms with E-state index in [1.165, 1.54) is 23.0 Å². The predicted molar refractivity (Wildman–Crippen MR) is 103 cm³/mol. The molecule has 0 fully saturated rings. The SMILES string of the molecule is CC(C)Oc1ccc(C(=O)Cn2cnc3c(Cl)cc(Cl)cc3c2=O)cc1. The number of aromatic nitrogens is 2. The second-order valence-electron chi connectivity index (χ2n) is 6.08. The van der Waals surface area contributed by atoms with Crippen LogP contribution >= 0.6 is 23.2 Å². The fourth-order valence-electron chi connectivity index (χ4n) is 2.54. The lowest BCUT2D eigenvalue weighted by molar-refractivity contribution is 0.0970. The molecule has 7 heteroatoms. The molecule has 5 nitrogen and oxygen atoms in total. The van der Waals surface area contributed by atoms with Crippen molar-refractivity contribution in [1.29, 1.82) is 0 Å². The molecule has 2 aromatic carbocycles. The van der Waals surface area contributed by atoms with Crippen LogP contribution in [-0.4, -0.2) is 21.4 Å². The lowest BCUT2D eigenvalue weighted by atomic mass is 10.1. The molecule has 0 N–H and O–H groups in total. The van der Waals surface area contributed by atoms with Crippen LogP contribution in [0.4, 0.5) is 0 Å². The first-order valence-corrected chi connectivity index (χ1v) is 8.75. The Morgan fingerprint density at radius 3 is 2.54 bits per heavy atom. The van der Waals surface area contributed by atoms with Crippen molar-refractivity contribution in [3.8, 4) is 5.75 Å². The van der Waals surface area contributed by atoms with Crippen molar-refractivity contribution in [2.45, 2.75) is 26.5 Å². The summed E-state index contributed by atoms with van der Waals surface area (Å²) in [6.45, 7) is 3.73. The summed E-state index contributed by atoms with van der Waals surface area (Å²) in [4.78, 5) is 29.3. The van der Waals surface area contributed by atoms with Crippen molar-refractivity contribution in [2.75, 3.05) is 0 Å². The average molecular weight is 391 g/mol. The van der Waals surface area contributed by atoms with Crippen LogP contribution in [0.1, 0.15) is 24.2 Å². The third-order valence-electron chi connectivity index (χ3n) is 3.71. The van der Waals surface area contributed by atoms with E-state index in [9.17, 15) is 9.59 Å². The van der Waals surface area contributed by atoms with E-state index in [4.69, 9.17) is 27.9 Å². The van der Waals surface area contributed by atoms with Gasteiger partial charge in [0.2, 0.25) is 0 Å². The average Bonchev–Trinajstić information content (AvgIpc) is 2.58. The second kappa shape index (κ2) is 7.48. The van der Waals surface area contributed by atoms with Gasteiger partial charge in [-0.15, -0.1) is 0 Å². The molecular weight excluding hydrogens is 375 g/mol. The number of hydrogen-bond acceptors (Lipinski definition) is 4. The molecule has 0 unspecified atom stereocenters. The van der Waals surface area contributed by atoms with Crippen LogP contribution in [0.3, 0.4) is 0 Å². The molecule has 1 aromatic heterocycles. The molecule has 1 heterocycles. The van der Waals surface area contributed by atoms with Crippen LogP contribution in [-0.2, 0) is 6.54 Å². The van der Waals surface area contributed by atoms with Gasteiger partial charge in [0.25, 0.3) is 5.56 Å². The van der Waals surface area contributed by atoms with Crippen LogP contribution in [0.25, 0.3) is 10.9 Å². The third-order valence-corrected chi connectivity index (χ3v) is 4.21. The normalized spacial score (nSPS) is 11.1. The van der Waals surface area contributed by atoms with Crippen LogP contribution in [0.15, 0.2) is 47.5 Å². The van der Waals surface area contributed by atoms with Gasteiger partial charge in [0.05, 0.1) is 34.9 Å². The van der Waals surface area contributed by atoms with Gasteiger partial charge in [-0.2, -0.15) is 0 Å². The second-order valence-corrected chi connectivity index (χ2v) is 6.92. The smallest absolute Gasteiger partial charge is 0.261 e. The maximum absolute atomic E-state index is 12.6. The summed E-state index contributed by atoms with van der Waals surface area (Å²) < 4.78 is 6.80. The Hall–Kier alpha value is -2.37. The van der Waals surface area contributed by atoms with Gasteiger partial charge in [-0.3, -0.25) is 14.2 Å². The van der Waals surface area contributed by atoms with Gasteiger partial charge in [-0.25, -0.2) is 4.98 Å². The minimum Gasteiger partial charge on any atom is -0.491 e. The van der Waals surface area contributed by atoms with Crippen molar-refractivity contribution in [3.05, 3.63) is 68.7 Å². The molecule has 0 bridgehead atoms. The molecule has 134 valence electrons. The van der Waals surface area contributed by atoms with Crippen molar-refractivity contribution in [3.63, 3.8) is 0 Å². The fraction of sp³-hybridized carbons (Fsp3) is 0.211. The molecule has 0 spiro atoms. The first-order chi connectivity index (χ1) is 12.3. The first-order valence-electron chi connectivity index (χ1n) is 7.99. The number of nitrogens with zero attached hydrogens (tertiary/aromatic N) is 2. The van der Waals surface area contributed by atoms with Gasteiger partial charge >= 0.3 is 0 Å². The molecule has 0 aliphatic carbocycles. The van der Waals surface area contributed by atoms with Gasteiger partial charge < -0.3 is 4.74 Å². The standard InChI is InChI=1S/C19H16Cl2N2O3/c1-11(2)26-14-5-3-12(4-6-14)17(24)9-23-10-22-18-15(19(23)25)7-13(20)8-16(18)21/h3-8,10-11H,9H2,1-2H3. The number of rotatable bonds is 5. The van der Waals surface area contributed by atoms with Gasteiger partial charge in [0.15, 0.2) is 5.78 Å². The minimum atomic E-state index is -0.368. The zero-order chi connectivity index (χ0) is 18.8. The summed E-state index contributed by atoms with van der Waals surface area (Å²) in [6.07, 6.45) is 1.37. The Kier molecular flexibility index (Phi) is 5.30. The quantitative estimate of drug-likeness (QED) is 0.606. The molecule has 0 aliphatic heterocycles. The maximum Gasteiger partial charge on any atom is 0.261 e. The number of hydrogen-bond donors (Lipinski definition) is 0. The number of benzene rings is 2. The zero-order valence-electron chi connectivity index (χ0n) is 14.2. The van der Waals surface area contributed by atoms with E-state index in [1.807, 2.05) is 13.8 Å². The number of carbonyl (C=O) groups is 1. The monoisotopic (exact) mass is 390 g/mol. The summed E-state index contributed by atoms with van der Waals surface area (Å²) in [5, 5.41) is 0.911. The summed E-state index contributed by atoms with van der Waals surface area (Å²) >= 11 is 12.0. The van der Waals surface area contributed by atoms with Gasteiger partial charge in [0, 0.05) is 10.6 Å². The maximum atomic E-state index is 12.6. The highest BCUT2D eigenvalue weighted by Gasteiger charge is 2.13. The van der Waals surface area contributed by atoms with Crippen molar-refractivity contribution in [1.82, 2.24) is 9.55 Å². The summed E-state index contributed by atoms with van der Waals surface area (Å²) in [5.74, 6) is 0.475. The van der Waals surface area contributed by atoms with Crippen LogP contribution in [0.2, 0.25) is 10.0 Å². The van der Waals surface area contributed by atoms with Crippen molar-refractivity contribution in [2.24, 2.45) is 0 Å². The van der Waals surface area contributed by atoms with Gasteiger partial charge in [-0.05, 0) is 50.2 Å². The third kappa shape index (κ3) is 3.89. The van der Waals surface area contributed by atoms with Gasteiger partial charge in [-0.1, -0.05) is 23.2 Å². The van der Waals surface area contributed by atoms with E-state index >= 15 is 0 Å². The minimum absolute atomic E-state index is 0.0532. The Morgan fingerprint density at radius 2 is 1.88 bits per heavy atom. The predicted octanol–water partition coefficient (Wildman–Crippen LogP) is 4.37.